The van der Waals surface area contributed by atoms with Crippen LogP contribution in [0.3, 0.4) is 0 Å². The molecule has 2 aliphatic heterocycles. The van der Waals surface area contributed by atoms with Crippen molar-refractivity contribution in [1.82, 2.24) is 24.6 Å². The molecule has 5 rings (SSSR count). The van der Waals surface area contributed by atoms with Gasteiger partial charge in [-0.1, -0.05) is 5.16 Å². The molecule has 8 nitrogen and oxygen atoms in total. The minimum Gasteiger partial charge on any atom is -0.338 e. The minimum atomic E-state index is -0.442. The average molecular weight is 354 g/mol. The number of halogens is 1. The molecule has 0 unspecified atom stereocenters. The second-order valence-corrected chi connectivity index (χ2v) is 6.38. The lowest BCUT2D eigenvalue weighted by Crippen LogP contribution is -2.29. The monoisotopic (exact) mass is 354 g/mol. The zero-order valence-corrected chi connectivity index (χ0v) is 13.7. The van der Waals surface area contributed by atoms with Crippen molar-refractivity contribution < 1.29 is 13.7 Å². The van der Waals surface area contributed by atoms with Crippen molar-refractivity contribution >= 4 is 5.91 Å². The first-order chi connectivity index (χ1) is 12.7. The first kappa shape index (κ1) is 15.2. The normalized spacial score (nSPS) is 18.5. The van der Waals surface area contributed by atoms with Gasteiger partial charge in [-0.25, -0.2) is 9.37 Å². The molecule has 26 heavy (non-hydrogen) atoms. The third-order valence-corrected chi connectivity index (χ3v) is 4.94. The molecule has 4 heterocycles. The maximum Gasteiger partial charge on any atom is 0.256 e. The zero-order chi connectivity index (χ0) is 17.8. The van der Waals surface area contributed by atoms with Gasteiger partial charge >= 0.3 is 0 Å². The fourth-order valence-electron chi connectivity index (χ4n) is 3.81. The molecule has 3 aromatic rings. The number of rotatable bonds is 2. The van der Waals surface area contributed by atoms with Gasteiger partial charge in [-0.3, -0.25) is 9.36 Å². The second-order valence-electron chi connectivity index (χ2n) is 6.38. The maximum absolute atomic E-state index is 13.8. The Balaban J connectivity index is 1.77. The van der Waals surface area contributed by atoms with E-state index in [1.807, 2.05) is 4.57 Å². The van der Waals surface area contributed by atoms with Crippen molar-refractivity contribution in [3.05, 3.63) is 47.5 Å². The summed E-state index contributed by atoms with van der Waals surface area (Å²) in [6.07, 6.45) is 3.28. The van der Waals surface area contributed by atoms with Crippen molar-refractivity contribution in [2.75, 3.05) is 6.54 Å². The highest BCUT2D eigenvalue weighted by Crippen LogP contribution is 2.41. The molecule has 0 spiro atoms. The molecule has 2 N–H and O–H groups in total. The van der Waals surface area contributed by atoms with Crippen LogP contribution in [0.4, 0.5) is 4.39 Å². The summed E-state index contributed by atoms with van der Waals surface area (Å²) < 4.78 is 20.7. The molecule has 0 radical (unpaired) electrons. The van der Waals surface area contributed by atoms with Crippen LogP contribution in [-0.4, -0.2) is 37.0 Å². The number of carbonyl (C=O) groups excluding carboxylic acids is 1. The largest absolute Gasteiger partial charge is 0.338 e. The summed E-state index contributed by atoms with van der Waals surface area (Å²) in [4.78, 5) is 23.5. The molecule has 132 valence electrons. The highest BCUT2D eigenvalue weighted by atomic mass is 19.1. The summed E-state index contributed by atoms with van der Waals surface area (Å²) >= 11 is 0. The van der Waals surface area contributed by atoms with Crippen LogP contribution < -0.4 is 5.73 Å². The Morgan fingerprint density at radius 3 is 3.08 bits per heavy atom. The fourth-order valence-corrected chi connectivity index (χ4v) is 3.81. The van der Waals surface area contributed by atoms with Gasteiger partial charge in [0.1, 0.15) is 17.8 Å². The van der Waals surface area contributed by atoms with E-state index in [9.17, 15) is 9.18 Å². The van der Waals surface area contributed by atoms with Crippen LogP contribution in [0.5, 0.6) is 0 Å². The molecule has 1 amide bonds. The number of imidazole rings is 1. The van der Waals surface area contributed by atoms with E-state index < -0.39 is 5.82 Å². The molecule has 9 heteroatoms. The molecule has 2 aliphatic rings. The van der Waals surface area contributed by atoms with E-state index in [-0.39, 0.29) is 18.5 Å². The van der Waals surface area contributed by atoms with E-state index in [0.717, 1.165) is 18.5 Å². The number of fused-ring (bicyclic) bond motifs is 5. The molecule has 1 aromatic carbocycles. The minimum absolute atomic E-state index is 0.138. The van der Waals surface area contributed by atoms with Crippen molar-refractivity contribution in [2.45, 2.75) is 25.4 Å². The summed E-state index contributed by atoms with van der Waals surface area (Å²) in [5, 5.41) is 3.97. The lowest BCUT2D eigenvalue weighted by Gasteiger charge is -2.22. The van der Waals surface area contributed by atoms with Gasteiger partial charge in [-0.15, -0.1) is 0 Å². The number of hydrogen-bond donors (Lipinski definition) is 1. The third-order valence-electron chi connectivity index (χ3n) is 4.94. The molecule has 1 atom stereocenters. The van der Waals surface area contributed by atoms with Gasteiger partial charge < -0.3 is 15.2 Å². The van der Waals surface area contributed by atoms with Gasteiger partial charge in [-0.2, -0.15) is 4.98 Å². The quantitative estimate of drug-likeness (QED) is 0.753. The zero-order valence-electron chi connectivity index (χ0n) is 13.7. The number of amides is 1. The fraction of sp³-hybridized carbons (Fsp3) is 0.294. The van der Waals surface area contributed by atoms with Gasteiger partial charge in [0.25, 0.3) is 5.91 Å². The van der Waals surface area contributed by atoms with Crippen LogP contribution >= 0.6 is 0 Å². The molecule has 0 aliphatic carbocycles. The number of nitrogens with two attached hydrogens (primary N) is 1. The number of benzene rings is 1. The molecule has 1 saturated heterocycles. The van der Waals surface area contributed by atoms with Crippen molar-refractivity contribution in [3.63, 3.8) is 0 Å². The van der Waals surface area contributed by atoms with Crippen molar-refractivity contribution in [3.8, 4) is 17.2 Å². The van der Waals surface area contributed by atoms with E-state index in [2.05, 4.69) is 15.1 Å². The first-order valence-corrected chi connectivity index (χ1v) is 8.38. The summed E-state index contributed by atoms with van der Waals surface area (Å²) in [5.74, 6) is 0.0380. The Bertz CT molecular complexity index is 1030. The highest BCUT2D eigenvalue weighted by Gasteiger charge is 2.39. The molecule has 0 bridgehead atoms. The first-order valence-electron chi connectivity index (χ1n) is 8.38. The standard InChI is InChI=1S/C17H15FN6O2/c18-9-3-4-11-10(6-9)17(25)23-5-1-2-12(23)15-14(20-8-24(11)15)16-21-13(7-19)26-22-16/h3-4,6,8,12H,1-2,5,7,19H2/t12-/m0/s1. The number of aromatic nitrogens is 4. The van der Waals surface area contributed by atoms with Gasteiger partial charge in [0.15, 0.2) is 0 Å². The number of nitrogens with zero attached hydrogens (tertiary/aromatic N) is 5. The van der Waals surface area contributed by atoms with Crippen LogP contribution in [-0.2, 0) is 6.54 Å². The van der Waals surface area contributed by atoms with Crippen molar-refractivity contribution in [1.29, 1.82) is 0 Å². The van der Waals surface area contributed by atoms with Crippen LogP contribution in [0.2, 0.25) is 0 Å². The van der Waals surface area contributed by atoms with Crippen LogP contribution in [0.15, 0.2) is 29.0 Å². The van der Waals surface area contributed by atoms with Crippen LogP contribution in [0.25, 0.3) is 17.2 Å². The third kappa shape index (κ3) is 2.03. The Hall–Kier alpha value is -3.07. The molecule has 1 fully saturated rings. The van der Waals surface area contributed by atoms with Gasteiger partial charge in [0.05, 0.1) is 29.5 Å². The van der Waals surface area contributed by atoms with Crippen LogP contribution in [0.1, 0.15) is 40.8 Å². The summed E-state index contributed by atoms with van der Waals surface area (Å²) in [5.41, 5.74) is 7.84. The maximum atomic E-state index is 13.8. The van der Waals surface area contributed by atoms with Crippen molar-refractivity contribution in [2.24, 2.45) is 5.73 Å². The highest BCUT2D eigenvalue weighted by molar-refractivity contribution is 5.99. The average Bonchev–Trinajstić information content (AvgIpc) is 3.37. The Kier molecular flexibility index (Phi) is 3.20. The van der Waals surface area contributed by atoms with E-state index >= 15 is 0 Å². The van der Waals surface area contributed by atoms with Gasteiger partial charge in [0, 0.05) is 6.54 Å². The van der Waals surface area contributed by atoms with Gasteiger partial charge in [-0.05, 0) is 31.0 Å². The van der Waals surface area contributed by atoms with E-state index in [0.29, 0.717) is 35.2 Å². The second kappa shape index (κ2) is 5.46. The molecule has 0 saturated carbocycles. The summed E-state index contributed by atoms with van der Waals surface area (Å²) in [6, 6.07) is 4.05. The Labute approximate surface area is 147 Å². The van der Waals surface area contributed by atoms with E-state index in [1.165, 1.54) is 12.1 Å². The lowest BCUT2D eigenvalue weighted by molar-refractivity contribution is 0.0738. The summed E-state index contributed by atoms with van der Waals surface area (Å²) in [7, 11) is 0. The topological polar surface area (TPSA) is 103 Å². The van der Waals surface area contributed by atoms with Gasteiger partial charge in [0.2, 0.25) is 11.7 Å². The predicted molar refractivity (Wildman–Crippen MR) is 87.7 cm³/mol. The summed E-state index contributed by atoms with van der Waals surface area (Å²) in [6.45, 7) is 0.754. The van der Waals surface area contributed by atoms with E-state index in [4.69, 9.17) is 10.3 Å². The Morgan fingerprint density at radius 1 is 1.38 bits per heavy atom. The molecular formula is C17H15FN6O2. The SMILES string of the molecule is NCc1nc(-c2ncn3c2[C@@H]2CCCN2C(=O)c2cc(F)ccc2-3)no1. The molecular weight excluding hydrogens is 339 g/mol. The lowest BCUT2D eigenvalue weighted by atomic mass is 10.1. The van der Waals surface area contributed by atoms with Crippen LogP contribution in [0, 0.1) is 5.82 Å². The number of hydrogen-bond acceptors (Lipinski definition) is 6. The predicted octanol–water partition coefficient (Wildman–Crippen LogP) is 1.81. The number of carbonyl (C=O) groups is 1. The smallest absolute Gasteiger partial charge is 0.256 e. The Morgan fingerprint density at radius 2 is 2.27 bits per heavy atom. The molecule has 2 aromatic heterocycles. The van der Waals surface area contributed by atoms with E-state index in [1.54, 1.807) is 17.3 Å².